The van der Waals surface area contributed by atoms with Gasteiger partial charge in [-0.3, -0.25) is 0 Å². The van der Waals surface area contributed by atoms with Crippen molar-refractivity contribution in [3.63, 3.8) is 0 Å². The lowest BCUT2D eigenvalue weighted by atomic mass is 9.98. The Morgan fingerprint density at radius 1 is 1.22 bits per heavy atom. The van der Waals surface area contributed by atoms with Crippen LogP contribution < -0.4 is 4.74 Å². The molecule has 1 fully saturated rings. The quantitative estimate of drug-likeness (QED) is 0.847. The molecule has 1 aromatic carbocycles. The number of ether oxygens (including phenoxy) is 1. The van der Waals surface area contributed by atoms with Gasteiger partial charge in [-0.1, -0.05) is 12.1 Å². The number of nitrogens with zero attached hydrogens (tertiary/aromatic N) is 3. The summed E-state index contributed by atoms with van der Waals surface area (Å²) in [6.45, 7) is 0.964. The largest absolute Gasteiger partial charge is 0.496 e. The summed E-state index contributed by atoms with van der Waals surface area (Å²) in [7, 11) is -1.53. The van der Waals surface area contributed by atoms with Crippen molar-refractivity contribution in [1.82, 2.24) is 14.5 Å². The molecule has 0 spiro atoms. The first-order valence-corrected chi connectivity index (χ1v) is 9.26. The molecule has 1 aliphatic heterocycles. The number of benzene rings is 1. The summed E-state index contributed by atoms with van der Waals surface area (Å²) in [5.74, 6) is 1.74. The van der Waals surface area contributed by atoms with Crippen LogP contribution in [-0.2, 0) is 10.0 Å². The van der Waals surface area contributed by atoms with Crippen LogP contribution in [0.2, 0.25) is 0 Å². The third kappa shape index (κ3) is 3.37. The number of methoxy groups -OCH3 is 1. The van der Waals surface area contributed by atoms with E-state index < -0.39 is 10.0 Å². The SMILES string of the molecule is COc1ccccc1-c1nnc(C2CCN(S(C)(=O)=O)CC2)o1. The van der Waals surface area contributed by atoms with Crippen LogP contribution in [0.1, 0.15) is 24.7 Å². The number of hydrogen-bond acceptors (Lipinski definition) is 6. The van der Waals surface area contributed by atoms with Gasteiger partial charge in [-0.05, 0) is 25.0 Å². The third-order valence-corrected chi connectivity index (χ3v) is 5.35. The maximum Gasteiger partial charge on any atom is 0.251 e. The molecule has 0 saturated carbocycles. The normalized spacial score (nSPS) is 17.3. The topological polar surface area (TPSA) is 85.5 Å². The highest BCUT2D eigenvalue weighted by molar-refractivity contribution is 7.88. The standard InChI is InChI=1S/C15H19N3O4S/c1-21-13-6-4-3-5-12(13)15-17-16-14(22-15)11-7-9-18(10-8-11)23(2,19)20/h3-6,11H,7-10H2,1-2H3. The van der Waals surface area contributed by atoms with Gasteiger partial charge in [0.15, 0.2) is 0 Å². The Morgan fingerprint density at radius 3 is 2.57 bits per heavy atom. The molecule has 0 unspecified atom stereocenters. The Balaban J connectivity index is 1.76. The molecule has 0 radical (unpaired) electrons. The predicted octanol–water partition coefficient (Wildman–Crippen LogP) is 1.88. The van der Waals surface area contributed by atoms with E-state index >= 15 is 0 Å². The molecule has 0 atom stereocenters. The van der Waals surface area contributed by atoms with E-state index in [1.165, 1.54) is 10.6 Å². The van der Waals surface area contributed by atoms with Gasteiger partial charge in [-0.2, -0.15) is 0 Å². The van der Waals surface area contributed by atoms with Gasteiger partial charge in [0.25, 0.3) is 5.89 Å². The average molecular weight is 337 g/mol. The minimum atomic E-state index is -3.13. The lowest BCUT2D eigenvalue weighted by molar-refractivity contribution is 0.292. The third-order valence-electron chi connectivity index (χ3n) is 4.05. The maximum atomic E-state index is 11.5. The van der Waals surface area contributed by atoms with Gasteiger partial charge in [-0.25, -0.2) is 12.7 Å². The Labute approximate surface area is 135 Å². The summed E-state index contributed by atoms with van der Waals surface area (Å²) in [5.41, 5.74) is 0.752. The van der Waals surface area contributed by atoms with E-state index in [0.717, 1.165) is 5.56 Å². The molecule has 2 heterocycles. The van der Waals surface area contributed by atoms with E-state index in [2.05, 4.69) is 10.2 Å². The van der Waals surface area contributed by atoms with Crippen molar-refractivity contribution in [3.05, 3.63) is 30.2 Å². The van der Waals surface area contributed by atoms with Gasteiger partial charge < -0.3 is 9.15 Å². The highest BCUT2D eigenvalue weighted by atomic mass is 32.2. The summed E-state index contributed by atoms with van der Waals surface area (Å²) >= 11 is 0. The van der Waals surface area contributed by atoms with Crippen LogP contribution in [0.3, 0.4) is 0 Å². The van der Waals surface area contributed by atoms with E-state index in [-0.39, 0.29) is 5.92 Å². The molecule has 0 bridgehead atoms. The Kier molecular flexibility index (Phi) is 4.36. The van der Waals surface area contributed by atoms with Crippen LogP contribution >= 0.6 is 0 Å². The van der Waals surface area contributed by atoms with Crippen LogP contribution in [0.4, 0.5) is 0 Å². The van der Waals surface area contributed by atoms with Crippen molar-refractivity contribution in [2.24, 2.45) is 0 Å². The molecular weight excluding hydrogens is 318 g/mol. The predicted molar refractivity (Wildman–Crippen MR) is 84.7 cm³/mol. The number of rotatable bonds is 4. The second-order valence-corrected chi connectivity index (χ2v) is 7.56. The average Bonchev–Trinajstić information content (AvgIpc) is 3.04. The van der Waals surface area contributed by atoms with Crippen LogP contribution in [0.25, 0.3) is 11.5 Å². The first-order valence-electron chi connectivity index (χ1n) is 7.41. The zero-order valence-electron chi connectivity index (χ0n) is 13.1. The molecule has 124 valence electrons. The summed E-state index contributed by atoms with van der Waals surface area (Å²) < 4.78 is 35.7. The van der Waals surface area contributed by atoms with E-state index in [4.69, 9.17) is 9.15 Å². The zero-order valence-corrected chi connectivity index (χ0v) is 13.9. The first kappa shape index (κ1) is 15.9. The van der Waals surface area contributed by atoms with Crippen LogP contribution in [0, 0.1) is 0 Å². The zero-order chi connectivity index (χ0) is 16.4. The van der Waals surface area contributed by atoms with Crippen molar-refractivity contribution in [3.8, 4) is 17.2 Å². The molecule has 23 heavy (non-hydrogen) atoms. The number of hydrogen-bond donors (Lipinski definition) is 0. The monoisotopic (exact) mass is 337 g/mol. The fourth-order valence-corrected chi connectivity index (χ4v) is 3.64. The first-order chi connectivity index (χ1) is 11.0. The molecule has 7 nitrogen and oxygen atoms in total. The van der Waals surface area contributed by atoms with Crippen LogP contribution in [0.5, 0.6) is 5.75 Å². The van der Waals surface area contributed by atoms with E-state index in [9.17, 15) is 8.42 Å². The fourth-order valence-electron chi connectivity index (χ4n) is 2.76. The molecule has 2 aromatic rings. The van der Waals surface area contributed by atoms with Crippen molar-refractivity contribution >= 4 is 10.0 Å². The molecular formula is C15H19N3O4S. The molecule has 0 N–H and O–H groups in total. The summed E-state index contributed by atoms with van der Waals surface area (Å²) in [5, 5.41) is 8.25. The number of piperidine rings is 1. The van der Waals surface area contributed by atoms with Crippen molar-refractivity contribution in [2.45, 2.75) is 18.8 Å². The Hall–Kier alpha value is -1.93. The van der Waals surface area contributed by atoms with E-state index in [1.807, 2.05) is 24.3 Å². The summed E-state index contributed by atoms with van der Waals surface area (Å²) in [6, 6.07) is 7.46. The van der Waals surface area contributed by atoms with Crippen LogP contribution in [-0.4, -0.2) is 49.4 Å². The molecule has 1 saturated heterocycles. The molecule has 0 aliphatic carbocycles. The maximum absolute atomic E-state index is 11.5. The molecule has 1 aliphatic rings. The van der Waals surface area contributed by atoms with Gasteiger partial charge in [-0.15, -0.1) is 10.2 Å². The lowest BCUT2D eigenvalue weighted by Gasteiger charge is -2.28. The number of sulfonamides is 1. The van der Waals surface area contributed by atoms with E-state index in [1.54, 1.807) is 7.11 Å². The second kappa shape index (κ2) is 6.29. The van der Waals surface area contributed by atoms with Gasteiger partial charge in [0, 0.05) is 19.0 Å². The number of para-hydroxylation sites is 1. The molecule has 8 heteroatoms. The second-order valence-electron chi connectivity index (χ2n) is 5.58. The minimum Gasteiger partial charge on any atom is -0.496 e. The fraction of sp³-hybridized carbons (Fsp3) is 0.467. The van der Waals surface area contributed by atoms with Crippen molar-refractivity contribution < 1.29 is 17.6 Å². The van der Waals surface area contributed by atoms with E-state index in [0.29, 0.717) is 43.5 Å². The Morgan fingerprint density at radius 2 is 1.91 bits per heavy atom. The number of aromatic nitrogens is 2. The van der Waals surface area contributed by atoms with Crippen LogP contribution in [0.15, 0.2) is 28.7 Å². The van der Waals surface area contributed by atoms with Gasteiger partial charge in [0.1, 0.15) is 5.75 Å². The van der Waals surface area contributed by atoms with Crippen molar-refractivity contribution in [2.75, 3.05) is 26.5 Å². The highest BCUT2D eigenvalue weighted by Gasteiger charge is 2.29. The highest BCUT2D eigenvalue weighted by Crippen LogP contribution is 2.33. The van der Waals surface area contributed by atoms with Gasteiger partial charge in [0.2, 0.25) is 15.9 Å². The molecule has 1 aromatic heterocycles. The lowest BCUT2D eigenvalue weighted by Crippen LogP contribution is -2.37. The van der Waals surface area contributed by atoms with Crippen molar-refractivity contribution in [1.29, 1.82) is 0 Å². The smallest absolute Gasteiger partial charge is 0.251 e. The minimum absolute atomic E-state index is 0.0870. The molecule has 0 amide bonds. The van der Waals surface area contributed by atoms with Gasteiger partial charge >= 0.3 is 0 Å². The molecule has 3 rings (SSSR count). The summed E-state index contributed by atoms with van der Waals surface area (Å²) in [4.78, 5) is 0. The Bertz CT molecular complexity index is 780. The van der Waals surface area contributed by atoms with Gasteiger partial charge in [0.05, 0.1) is 18.9 Å². The summed E-state index contributed by atoms with van der Waals surface area (Å²) in [6.07, 6.45) is 2.60.